The van der Waals surface area contributed by atoms with E-state index in [4.69, 9.17) is 15.9 Å². The summed E-state index contributed by atoms with van der Waals surface area (Å²) in [5.41, 5.74) is 0. The molecule has 0 radical (unpaired) electrons. The zero-order valence-corrected chi connectivity index (χ0v) is 10.5. The summed E-state index contributed by atoms with van der Waals surface area (Å²) in [7, 11) is 1.64. The standard InChI is InChI=1S/C13H24O2/c1-6-8-9-13(15-10-14-5)12(7-2)11(3)4/h2,11-13H,6,8-10H2,1,3-5H3/t12-,13-/m1/s1. The molecule has 0 unspecified atom stereocenters. The number of terminal acetylenes is 1. The van der Waals surface area contributed by atoms with Crippen LogP contribution < -0.4 is 0 Å². The zero-order chi connectivity index (χ0) is 11.7. The van der Waals surface area contributed by atoms with Crippen molar-refractivity contribution >= 4 is 0 Å². The Morgan fingerprint density at radius 1 is 1.33 bits per heavy atom. The van der Waals surface area contributed by atoms with Gasteiger partial charge in [0.2, 0.25) is 0 Å². The first-order chi connectivity index (χ1) is 7.17. The van der Waals surface area contributed by atoms with Gasteiger partial charge in [-0.15, -0.1) is 12.3 Å². The van der Waals surface area contributed by atoms with E-state index in [1.807, 2.05) is 0 Å². The summed E-state index contributed by atoms with van der Waals surface area (Å²) >= 11 is 0. The highest BCUT2D eigenvalue weighted by Gasteiger charge is 2.22. The number of ether oxygens (including phenoxy) is 2. The van der Waals surface area contributed by atoms with E-state index in [9.17, 15) is 0 Å². The minimum atomic E-state index is 0.134. The molecule has 0 saturated carbocycles. The zero-order valence-electron chi connectivity index (χ0n) is 10.5. The van der Waals surface area contributed by atoms with Gasteiger partial charge in [0.15, 0.2) is 0 Å². The first kappa shape index (κ1) is 14.5. The molecule has 0 heterocycles. The van der Waals surface area contributed by atoms with Crippen LogP contribution in [0.15, 0.2) is 0 Å². The second-order valence-electron chi connectivity index (χ2n) is 4.19. The molecule has 2 heteroatoms. The van der Waals surface area contributed by atoms with Crippen LogP contribution in [0.3, 0.4) is 0 Å². The van der Waals surface area contributed by atoms with E-state index in [0.717, 1.165) is 12.8 Å². The van der Waals surface area contributed by atoms with Crippen molar-refractivity contribution in [3.05, 3.63) is 0 Å². The second-order valence-corrected chi connectivity index (χ2v) is 4.19. The summed E-state index contributed by atoms with van der Waals surface area (Å²) in [6.07, 6.45) is 9.02. The average molecular weight is 212 g/mol. The normalized spacial score (nSPS) is 14.9. The van der Waals surface area contributed by atoms with Crippen LogP contribution in [0.5, 0.6) is 0 Å². The van der Waals surface area contributed by atoms with E-state index >= 15 is 0 Å². The SMILES string of the molecule is C#C[C@H](C(C)C)[C@@H](CCCC)OCOC. The lowest BCUT2D eigenvalue weighted by molar-refractivity contribution is -0.0918. The van der Waals surface area contributed by atoms with Crippen molar-refractivity contribution in [1.29, 1.82) is 0 Å². The minimum absolute atomic E-state index is 0.134. The third kappa shape index (κ3) is 5.81. The van der Waals surface area contributed by atoms with Crippen molar-refractivity contribution in [2.75, 3.05) is 13.9 Å². The first-order valence-electron chi connectivity index (χ1n) is 5.74. The average Bonchev–Trinajstić information content (AvgIpc) is 2.21. The van der Waals surface area contributed by atoms with E-state index < -0.39 is 0 Å². The molecule has 0 spiro atoms. The summed E-state index contributed by atoms with van der Waals surface area (Å²) in [5.74, 6) is 3.48. The van der Waals surface area contributed by atoms with Crippen molar-refractivity contribution in [2.45, 2.75) is 46.1 Å². The van der Waals surface area contributed by atoms with Crippen molar-refractivity contribution in [3.63, 3.8) is 0 Å². The Labute approximate surface area is 94.3 Å². The van der Waals surface area contributed by atoms with Crippen LogP contribution in [0.2, 0.25) is 0 Å². The van der Waals surface area contributed by atoms with Gasteiger partial charge in [0.25, 0.3) is 0 Å². The molecule has 0 fully saturated rings. The highest BCUT2D eigenvalue weighted by atomic mass is 16.7. The Kier molecular flexibility index (Phi) is 8.46. The van der Waals surface area contributed by atoms with Gasteiger partial charge in [0.05, 0.1) is 6.10 Å². The van der Waals surface area contributed by atoms with Gasteiger partial charge in [-0.1, -0.05) is 33.6 Å². The van der Waals surface area contributed by atoms with Gasteiger partial charge in [-0.25, -0.2) is 0 Å². The fourth-order valence-electron chi connectivity index (χ4n) is 1.66. The third-order valence-electron chi connectivity index (χ3n) is 2.55. The van der Waals surface area contributed by atoms with E-state index in [1.165, 1.54) is 6.42 Å². The lowest BCUT2D eigenvalue weighted by atomic mass is 9.88. The van der Waals surface area contributed by atoms with Crippen LogP contribution in [-0.2, 0) is 9.47 Å². The molecule has 0 aromatic heterocycles. The van der Waals surface area contributed by atoms with Crippen LogP contribution >= 0.6 is 0 Å². The maximum Gasteiger partial charge on any atom is 0.146 e. The van der Waals surface area contributed by atoms with Crippen LogP contribution in [-0.4, -0.2) is 20.0 Å². The van der Waals surface area contributed by atoms with Gasteiger partial charge < -0.3 is 9.47 Å². The molecular formula is C13H24O2. The number of rotatable bonds is 8. The third-order valence-corrected chi connectivity index (χ3v) is 2.55. The second kappa shape index (κ2) is 8.76. The summed E-state index contributed by atoms with van der Waals surface area (Å²) in [5, 5.41) is 0. The van der Waals surface area contributed by atoms with Gasteiger partial charge in [0, 0.05) is 13.0 Å². The van der Waals surface area contributed by atoms with Gasteiger partial charge in [0.1, 0.15) is 6.79 Å². The van der Waals surface area contributed by atoms with Crippen molar-refractivity contribution in [2.24, 2.45) is 11.8 Å². The molecule has 0 aromatic carbocycles. The molecule has 0 aliphatic heterocycles. The summed E-state index contributed by atoms with van der Waals surface area (Å²) in [6.45, 7) is 6.78. The van der Waals surface area contributed by atoms with Crippen LogP contribution in [0, 0.1) is 24.2 Å². The Balaban J connectivity index is 4.24. The number of hydrogen-bond donors (Lipinski definition) is 0. The Morgan fingerprint density at radius 3 is 2.40 bits per heavy atom. The number of methoxy groups -OCH3 is 1. The molecule has 2 nitrogen and oxygen atoms in total. The molecular weight excluding hydrogens is 188 g/mol. The maximum atomic E-state index is 5.64. The Hall–Kier alpha value is -0.520. The van der Waals surface area contributed by atoms with Crippen LogP contribution in [0.25, 0.3) is 0 Å². The van der Waals surface area contributed by atoms with E-state index in [1.54, 1.807) is 7.11 Å². The lowest BCUT2D eigenvalue weighted by Gasteiger charge is -2.26. The van der Waals surface area contributed by atoms with E-state index in [2.05, 4.69) is 26.7 Å². The molecule has 0 bridgehead atoms. The van der Waals surface area contributed by atoms with Crippen molar-refractivity contribution < 1.29 is 9.47 Å². The summed E-state index contributed by atoms with van der Waals surface area (Å²) < 4.78 is 10.6. The fourth-order valence-corrected chi connectivity index (χ4v) is 1.66. The van der Waals surface area contributed by atoms with Gasteiger partial charge in [-0.05, 0) is 12.3 Å². The topological polar surface area (TPSA) is 18.5 Å². The Morgan fingerprint density at radius 2 is 2.00 bits per heavy atom. The fraction of sp³-hybridized carbons (Fsp3) is 0.846. The smallest absolute Gasteiger partial charge is 0.146 e. The number of unbranched alkanes of at least 4 members (excludes halogenated alkanes) is 1. The molecule has 0 saturated heterocycles. The van der Waals surface area contributed by atoms with E-state index in [-0.39, 0.29) is 12.0 Å². The van der Waals surface area contributed by atoms with E-state index in [0.29, 0.717) is 12.7 Å². The predicted octanol–water partition coefficient (Wildman–Crippen LogP) is 3.07. The Bertz CT molecular complexity index is 173. The quantitative estimate of drug-likeness (QED) is 0.455. The van der Waals surface area contributed by atoms with Crippen LogP contribution in [0.1, 0.15) is 40.0 Å². The minimum Gasteiger partial charge on any atom is -0.359 e. The lowest BCUT2D eigenvalue weighted by Crippen LogP contribution is -2.28. The number of hydrogen-bond acceptors (Lipinski definition) is 2. The van der Waals surface area contributed by atoms with Gasteiger partial charge in [-0.3, -0.25) is 0 Å². The molecule has 0 amide bonds. The van der Waals surface area contributed by atoms with Gasteiger partial charge >= 0.3 is 0 Å². The molecule has 15 heavy (non-hydrogen) atoms. The molecule has 88 valence electrons. The molecule has 0 aliphatic rings. The van der Waals surface area contributed by atoms with Crippen LogP contribution in [0.4, 0.5) is 0 Å². The molecule has 2 atom stereocenters. The van der Waals surface area contributed by atoms with Crippen molar-refractivity contribution in [1.82, 2.24) is 0 Å². The summed E-state index contributed by atoms with van der Waals surface area (Å²) in [6, 6.07) is 0. The predicted molar refractivity (Wildman–Crippen MR) is 63.4 cm³/mol. The monoisotopic (exact) mass is 212 g/mol. The van der Waals surface area contributed by atoms with Gasteiger partial charge in [-0.2, -0.15) is 0 Å². The first-order valence-corrected chi connectivity index (χ1v) is 5.74. The summed E-state index contributed by atoms with van der Waals surface area (Å²) in [4.78, 5) is 0. The molecule has 0 aliphatic carbocycles. The highest BCUT2D eigenvalue weighted by Crippen LogP contribution is 2.21. The molecule has 0 aromatic rings. The maximum absolute atomic E-state index is 5.64. The van der Waals surface area contributed by atoms with Crippen molar-refractivity contribution in [3.8, 4) is 12.3 Å². The molecule has 0 rings (SSSR count). The largest absolute Gasteiger partial charge is 0.359 e. The highest BCUT2D eigenvalue weighted by molar-refractivity contribution is 4.98. The molecule has 0 N–H and O–H groups in total.